The second-order valence-corrected chi connectivity index (χ2v) is 5.40. The van der Waals surface area contributed by atoms with Crippen LogP contribution in [-0.4, -0.2) is 25.5 Å². The summed E-state index contributed by atoms with van der Waals surface area (Å²) in [4.78, 5) is 2.24. The van der Waals surface area contributed by atoms with Gasteiger partial charge >= 0.3 is 0 Å². The minimum atomic E-state index is 1.16. The third-order valence-corrected chi connectivity index (χ3v) is 3.54. The number of hydrogen-bond donors (Lipinski definition) is 0. The molecule has 2 aromatic rings. The molecule has 0 atom stereocenters. The summed E-state index contributed by atoms with van der Waals surface area (Å²) in [6.45, 7) is 1.16. The van der Waals surface area contributed by atoms with Crippen LogP contribution >= 0.6 is 11.3 Å². The van der Waals surface area contributed by atoms with Gasteiger partial charge in [-0.1, -0.05) is 24.3 Å². The number of thiophene rings is 1. The van der Waals surface area contributed by atoms with Gasteiger partial charge in [0.15, 0.2) is 0 Å². The smallest absolute Gasteiger partial charge is 0.00147 e. The average molecular weight is 245 g/mol. The summed E-state index contributed by atoms with van der Waals surface area (Å²) in [5, 5.41) is 4.34. The van der Waals surface area contributed by atoms with Crippen LogP contribution in [0.1, 0.15) is 12.0 Å². The van der Waals surface area contributed by atoms with Crippen molar-refractivity contribution in [1.29, 1.82) is 0 Å². The van der Waals surface area contributed by atoms with E-state index in [0.29, 0.717) is 0 Å². The fraction of sp³-hybridized carbons (Fsp3) is 0.333. The monoisotopic (exact) mass is 245 g/mol. The normalized spacial score (nSPS) is 11.0. The molecule has 0 bridgehead atoms. The standard InChI is InChI=1S/C15H19NS/c1-16(2)9-4-6-13-5-3-7-14(11-13)15-8-10-17-12-15/h3,5,7-8,10-12H,4,6,9H2,1-2H3. The zero-order valence-corrected chi connectivity index (χ0v) is 11.3. The Bertz CT molecular complexity index is 446. The Hall–Kier alpha value is -1.12. The Morgan fingerprint density at radius 3 is 2.71 bits per heavy atom. The van der Waals surface area contributed by atoms with Crippen LogP contribution in [0.4, 0.5) is 0 Å². The van der Waals surface area contributed by atoms with Gasteiger partial charge in [0, 0.05) is 0 Å². The highest BCUT2D eigenvalue weighted by atomic mass is 32.1. The van der Waals surface area contributed by atoms with Crippen molar-refractivity contribution in [1.82, 2.24) is 4.90 Å². The molecule has 0 spiro atoms. The summed E-state index contributed by atoms with van der Waals surface area (Å²) in [5.74, 6) is 0. The van der Waals surface area contributed by atoms with E-state index in [1.165, 1.54) is 23.1 Å². The maximum absolute atomic E-state index is 2.32. The molecule has 0 radical (unpaired) electrons. The molecule has 90 valence electrons. The zero-order chi connectivity index (χ0) is 12.1. The molecule has 1 aromatic carbocycles. The van der Waals surface area contributed by atoms with Crippen molar-refractivity contribution in [3.8, 4) is 11.1 Å². The van der Waals surface area contributed by atoms with Crippen molar-refractivity contribution in [2.75, 3.05) is 20.6 Å². The summed E-state index contributed by atoms with van der Waals surface area (Å²) in [6, 6.07) is 11.1. The summed E-state index contributed by atoms with van der Waals surface area (Å²) in [6.07, 6.45) is 2.39. The minimum Gasteiger partial charge on any atom is -0.309 e. The molecular formula is C15H19NS. The lowest BCUT2D eigenvalue weighted by atomic mass is 10.0. The summed E-state index contributed by atoms with van der Waals surface area (Å²) in [7, 11) is 4.25. The van der Waals surface area contributed by atoms with Gasteiger partial charge in [0.05, 0.1) is 0 Å². The topological polar surface area (TPSA) is 3.24 Å². The summed E-state index contributed by atoms with van der Waals surface area (Å²) >= 11 is 1.76. The Labute approximate surface area is 108 Å². The molecule has 0 saturated heterocycles. The molecule has 1 aromatic heterocycles. The maximum atomic E-state index is 2.32. The van der Waals surface area contributed by atoms with Crippen LogP contribution in [0.3, 0.4) is 0 Å². The largest absolute Gasteiger partial charge is 0.309 e. The lowest BCUT2D eigenvalue weighted by molar-refractivity contribution is 0.400. The third-order valence-electron chi connectivity index (χ3n) is 2.85. The molecule has 0 N–H and O–H groups in total. The highest BCUT2D eigenvalue weighted by molar-refractivity contribution is 7.08. The van der Waals surface area contributed by atoms with Crippen LogP contribution < -0.4 is 0 Å². The Balaban J connectivity index is 2.02. The molecule has 2 rings (SSSR count). The van der Waals surface area contributed by atoms with Gasteiger partial charge in [0.25, 0.3) is 0 Å². The Kier molecular flexibility index (Phi) is 4.35. The van der Waals surface area contributed by atoms with E-state index in [2.05, 4.69) is 60.1 Å². The van der Waals surface area contributed by atoms with Crippen molar-refractivity contribution in [3.05, 3.63) is 46.7 Å². The van der Waals surface area contributed by atoms with Crippen LogP contribution in [-0.2, 0) is 6.42 Å². The van der Waals surface area contributed by atoms with Gasteiger partial charge in [-0.25, -0.2) is 0 Å². The number of hydrogen-bond acceptors (Lipinski definition) is 2. The van der Waals surface area contributed by atoms with Gasteiger partial charge in [-0.3, -0.25) is 0 Å². The molecule has 1 heterocycles. The van der Waals surface area contributed by atoms with Gasteiger partial charge < -0.3 is 4.90 Å². The van der Waals surface area contributed by atoms with Crippen molar-refractivity contribution < 1.29 is 0 Å². The first-order valence-corrected chi connectivity index (χ1v) is 6.96. The quantitative estimate of drug-likeness (QED) is 0.772. The van der Waals surface area contributed by atoms with E-state index in [4.69, 9.17) is 0 Å². The maximum Gasteiger partial charge on any atom is -0.00147 e. The molecule has 0 amide bonds. The fourth-order valence-corrected chi connectivity index (χ4v) is 2.60. The molecule has 0 aliphatic carbocycles. The van der Waals surface area contributed by atoms with Crippen molar-refractivity contribution >= 4 is 11.3 Å². The van der Waals surface area contributed by atoms with Crippen molar-refractivity contribution in [2.24, 2.45) is 0 Å². The molecular weight excluding hydrogens is 226 g/mol. The lowest BCUT2D eigenvalue weighted by Crippen LogP contribution is -2.13. The predicted molar refractivity (Wildman–Crippen MR) is 76.6 cm³/mol. The van der Waals surface area contributed by atoms with E-state index in [0.717, 1.165) is 13.0 Å². The van der Waals surface area contributed by atoms with Crippen LogP contribution in [0.25, 0.3) is 11.1 Å². The van der Waals surface area contributed by atoms with Crippen LogP contribution in [0.15, 0.2) is 41.1 Å². The van der Waals surface area contributed by atoms with Gasteiger partial charge in [-0.2, -0.15) is 11.3 Å². The van der Waals surface area contributed by atoms with Gasteiger partial charge in [0.1, 0.15) is 0 Å². The number of nitrogens with zero attached hydrogens (tertiary/aromatic N) is 1. The van der Waals surface area contributed by atoms with Gasteiger partial charge in [-0.15, -0.1) is 0 Å². The van der Waals surface area contributed by atoms with Crippen LogP contribution in [0.5, 0.6) is 0 Å². The first-order valence-electron chi connectivity index (χ1n) is 6.02. The molecule has 1 nitrogen and oxygen atoms in total. The van der Waals surface area contributed by atoms with E-state index in [1.807, 2.05) is 0 Å². The van der Waals surface area contributed by atoms with Gasteiger partial charge in [0.2, 0.25) is 0 Å². The van der Waals surface area contributed by atoms with Crippen LogP contribution in [0.2, 0.25) is 0 Å². The first-order chi connectivity index (χ1) is 8.25. The van der Waals surface area contributed by atoms with E-state index in [1.54, 1.807) is 11.3 Å². The van der Waals surface area contributed by atoms with Crippen molar-refractivity contribution in [2.45, 2.75) is 12.8 Å². The number of aryl methyl sites for hydroxylation is 1. The fourth-order valence-electron chi connectivity index (χ4n) is 1.93. The summed E-state index contributed by atoms with van der Waals surface area (Å²) in [5.41, 5.74) is 4.12. The molecule has 0 unspecified atom stereocenters. The lowest BCUT2D eigenvalue weighted by Gasteiger charge is -2.09. The molecule has 0 aliphatic rings. The second kappa shape index (κ2) is 5.99. The number of benzene rings is 1. The van der Waals surface area contributed by atoms with E-state index >= 15 is 0 Å². The molecule has 17 heavy (non-hydrogen) atoms. The first kappa shape index (κ1) is 12.3. The Morgan fingerprint density at radius 1 is 1.12 bits per heavy atom. The van der Waals surface area contributed by atoms with Crippen LogP contribution in [0, 0.1) is 0 Å². The molecule has 0 fully saturated rings. The summed E-state index contributed by atoms with van der Waals surface area (Å²) < 4.78 is 0. The highest BCUT2D eigenvalue weighted by Crippen LogP contribution is 2.23. The molecule has 2 heteroatoms. The highest BCUT2D eigenvalue weighted by Gasteiger charge is 2.00. The molecule has 0 saturated carbocycles. The third kappa shape index (κ3) is 3.69. The van der Waals surface area contributed by atoms with Gasteiger partial charge in [-0.05, 0) is 67.0 Å². The Morgan fingerprint density at radius 2 is 2.00 bits per heavy atom. The zero-order valence-electron chi connectivity index (χ0n) is 10.5. The van der Waals surface area contributed by atoms with Crippen molar-refractivity contribution in [3.63, 3.8) is 0 Å². The number of rotatable bonds is 5. The van der Waals surface area contributed by atoms with E-state index < -0.39 is 0 Å². The molecule has 0 aliphatic heterocycles. The SMILES string of the molecule is CN(C)CCCc1cccc(-c2ccsc2)c1. The minimum absolute atomic E-state index is 1.16. The van der Waals surface area contributed by atoms with E-state index in [9.17, 15) is 0 Å². The van der Waals surface area contributed by atoms with E-state index in [-0.39, 0.29) is 0 Å². The second-order valence-electron chi connectivity index (χ2n) is 4.62. The average Bonchev–Trinajstić information content (AvgIpc) is 2.82. The predicted octanol–water partition coefficient (Wildman–Crippen LogP) is 3.91.